The number of nitrogens with zero attached hydrogens (tertiary/aromatic N) is 1. The summed E-state index contributed by atoms with van der Waals surface area (Å²) in [5, 5.41) is 3.31. The molecule has 0 saturated carbocycles. The van der Waals surface area contributed by atoms with Crippen molar-refractivity contribution in [2.75, 3.05) is 4.90 Å². The lowest BCUT2D eigenvalue weighted by Gasteiger charge is -2.29. The molecule has 1 saturated heterocycles. The van der Waals surface area contributed by atoms with Gasteiger partial charge in [-0.25, -0.2) is 0 Å². The third kappa shape index (κ3) is 4.29. The molecule has 0 spiro atoms. The van der Waals surface area contributed by atoms with E-state index in [0.29, 0.717) is 16.5 Å². The van der Waals surface area contributed by atoms with Gasteiger partial charge in [-0.15, -0.1) is 0 Å². The lowest BCUT2D eigenvalue weighted by molar-refractivity contribution is -0.122. The van der Waals surface area contributed by atoms with E-state index < -0.39 is 11.8 Å². The first-order valence-corrected chi connectivity index (χ1v) is 11.0. The molecule has 0 aliphatic carbocycles. The zero-order valence-corrected chi connectivity index (χ0v) is 20.0. The number of hydrogen-bond donors (Lipinski definition) is 1. The van der Waals surface area contributed by atoms with Crippen molar-refractivity contribution in [1.82, 2.24) is 5.32 Å². The van der Waals surface area contributed by atoms with Gasteiger partial charge < -0.3 is 4.42 Å². The SMILES string of the molecule is O=C1NC(=S)N(c2cccc(Cl)c2Cl)C(=O)/C1=C/c1ccc(-c2ccc(Br)c(Cl)c2)o1. The Kier molecular flexibility index (Phi) is 6.23. The maximum atomic E-state index is 13.1. The zero-order valence-electron chi connectivity index (χ0n) is 15.3. The van der Waals surface area contributed by atoms with Crippen molar-refractivity contribution in [1.29, 1.82) is 0 Å². The smallest absolute Gasteiger partial charge is 0.270 e. The summed E-state index contributed by atoms with van der Waals surface area (Å²) in [4.78, 5) is 26.7. The van der Waals surface area contributed by atoms with Gasteiger partial charge in [-0.1, -0.05) is 46.9 Å². The van der Waals surface area contributed by atoms with Crippen LogP contribution in [0.15, 0.2) is 63.0 Å². The molecule has 2 amide bonds. The van der Waals surface area contributed by atoms with Gasteiger partial charge in [0, 0.05) is 10.0 Å². The van der Waals surface area contributed by atoms with Crippen LogP contribution in [0.5, 0.6) is 0 Å². The van der Waals surface area contributed by atoms with Crippen LogP contribution in [0.1, 0.15) is 5.76 Å². The number of carbonyl (C=O) groups excluding carboxylic acids is 2. The van der Waals surface area contributed by atoms with Crippen molar-refractivity contribution in [2.45, 2.75) is 0 Å². The molecule has 4 rings (SSSR count). The van der Waals surface area contributed by atoms with Crippen LogP contribution in [0.2, 0.25) is 15.1 Å². The number of thiocarbonyl (C=S) groups is 1. The van der Waals surface area contributed by atoms with Crippen LogP contribution in [0.3, 0.4) is 0 Å². The second-order valence-corrected chi connectivity index (χ2v) is 8.80. The van der Waals surface area contributed by atoms with Crippen LogP contribution in [0, 0.1) is 0 Å². The Morgan fingerprint density at radius 1 is 1.03 bits per heavy atom. The predicted octanol–water partition coefficient (Wildman–Crippen LogP) is 6.50. The molecule has 1 N–H and O–H groups in total. The largest absolute Gasteiger partial charge is 0.457 e. The normalized spacial score (nSPS) is 15.5. The number of carbonyl (C=O) groups is 2. The highest BCUT2D eigenvalue weighted by Crippen LogP contribution is 2.35. The molecule has 2 aromatic carbocycles. The topological polar surface area (TPSA) is 62.6 Å². The third-order valence-corrected chi connectivity index (χ3v) is 6.72. The molecule has 2 heterocycles. The van der Waals surface area contributed by atoms with E-state index in [1.165, 1.54) is 6.08 Å². The number of amides is 2. The highest BCUT2D eigenvalue weighted by atomic mass is 79.9. The van der Waals surface area contributed by atoms with Crippen LogP contribution in [-0.2, 0) is 9.59 Å². The highest BCUT2D eigenvalue weighted by Gasteiger charge is 2.36. The van der Waals surface area contributed by atoms with E-state index in [-0.39, 0.29) is 26.4 Å². The first kappa shape index (κ1) is 22.0. The van der Waals surface area contributed by atoms with Crippen molar-refractivity contribution >= 4 is 91.6 Å². The monoisotopic (exact) mass is 554 g/mol. The number of nitrogens with one attached hydrogen (secondary N) is 1. The molecule has 0 atom stereocenters. The molecule has 156 valence electrons. The number of anilines is 1. The van der Waals surface area contributed by atoms with E-state index in [1.807, 2.05) is 6.07 Å². The molecule has 0 radical (unpaired) electrons. The minimum atomic E-state index is -0.650. The molecule has 5 nitrogen and oxygen atoms in total. The summed E-state index contributed by atoms with van der Waals surface area (Å²) in [6.07, 6.45) is 1.34. The number of rotatable bonds is 3. The first-order valence-electron chi connectivity index (χ1n) is 8.67. The van der Waals surface area contributed by atoms with Crippen molar-refractivity contribution in [3.05, 3.63) is 79.4 Å². The molecule has 0 unspecified atom stereocenters. The molecule has 1 aliphatic rings. The zero-order chi connectivity index (χ0) is 22.3. The number of furan rings is 1. The fraction of sp³-hybridized carbons (Fsp3) is 0. The lowest BCUT2D eigenvalue weighted by atomic mass is 10.1. The van der Waals surface area contributed by atoms with E-state index >= 15 is 0 Å². The minimum absolute atomic E-state index is 0.0963. The first-order chi connectivity index (χ1) is 14.8. The predicted molar refractivity (Wildman–Crippen MR) is 130 cm³/mol. The standard InChI is InChI=1S/C21H10BrCl3N2O3S/c22-13-6-4-10(8-15(13)24)17-7-5-11(30-17)9-12-19(28)26-21(31)27(20(12)29)16-3-1-2-14(23)18(16)25/h1-9H,(H,26,28,31)/b12-9+. The summed E-state index contributed by atoms with van der Waals surface area (Å²) in [5.74, 6) is -0.468. The van der Waals surface area contributed by atoms with Gasteiger partial charge in [0.2, 0.25) is 0 Å². The summed E-state index contributed by atoms with van der Waals surface area (Å²) < 4.78 is 6.55. The minimum Gasteiger partial charge on any atom is -0.457 e. The average Bonchev–Trinajstić information content (AvgIpc) is 3.19. The van der Waals surface area contributed by atoms with Crippen molar-refractivity contribution in [3.8, 4) is 11.3 Å². The van der Waals surface area contributed by atoms with E-state index in [0.717, 1.165) is 14.9 Å². The van der Waals surface area contributed by atoms with Gasteiger partial charge in [0.15, 0.2) is 5.11 Å². The summed E-state index contributed by atoms with van der Waals surface area (Å²) in [6.45, 7) is 0. The molecule has 1 fully saturated rings. The Morgan fingerprint density at radius 2 is 1.81 bits per heavy atom. The van der Waals surface area contributed by atoms with E-state index in [1.54, 1.807) is 42.5 Å². The molecule has 31 heavy (non-hydrogen) atoms. The third-order valence-electron chi connectivity index (χ3n) is 4.39. The van der Waals surface area contributed by atoms with Gasteiger partial charge in [-0.2, -0.15) is 0 Å². The summed E-state index contributed by atoms with van der Waals surface area (Å²) in [6, 6.07) is 13.5. The van der Waals surface area contributed by atoms with Gasteiger partial charge in [0.05, 0.1) is 20.8 Å². The Balaban J connectivity index is 1.70. The summed E-state index contributed by atoms with van der Waals surface area (Å²) in [7, 11) is 0. The summed E-state index contributed by atoms with van der Waals surface area (Å²) in [5.41, 5.74) is 0.838. The van der Waals surface area contributed by atoms with Crippen LogP contribution in [-0.4, -0.2) is 16.9 Å². The van der Waals surface area contributed by atoms with Crippen molar-refractivity contribution in [2.24, 2.45) is 0 Å². The fourth-order valence-electron chi connectivity index (χ4n) is 2.92. The molecule has 1 aliphatic heterocycles. The molecule has 10 heteroatoms. The molecule has 3 aromatic rings. The van der Waals surface area contributed by atoms with Crippen LogP contribution < -0.4 is 10.2 Å². The van der Waals surface area contributed by atoms with E-state index in [2.05, 4.69) is 21.2 Å². The fourth-order valence-corrected chi connectivity index (χ4v) is 4.00. The van der Waals surface area contributed by atoms with Gasteiger partial charge in [-0.3, -0.25) is 19.8 Å². The lowest BCUT2D eigenvalue weighted by Crippen LogP contribution is -2.54. The van der Waals surface area contributed by atoms with Crippen molar-refractivity contribution < 1.29 is 14.0 Å². The molecular weight excluding hydrogens is 547 g/mol. The number of halogens is 4. The van der Waals surface area contributed by atoms with Crippen LogP contribution >= 0.6 is 63.0 Å². The van der Waals surface area contributed by atoms with E-state index in [9.17, 15) is 9.59 Å². The second-order valence-electron chi connectivity index (χ2n) is 6.36. The maximum Gasteiger partial charge on any atom is 0.270 e. The number of benzene rings is 2. The Morgan fingerprint density at radius 3 is 2.55 bits per heavy atom. The van der Waals surface area contributed by atoms with Gasteiger partial charge in [0.1, 0.15) is 17.1 Å². The van der Waals surface area contributed by atoms with Gasteiger partial charge >= 0.3 is 0 Å². The molecular formula is C21H10BrCl3N2O3S. The Hall–Kier alpha value is -2.16. The van der Waals surface area contributed by atoms with E-state index in [4.69, 9.17) is 51.4 Å². The molecule has 1 aromatic heterocycles. The van der Waals surface area contributed by atoms with Crippen molar-refractivity contribution in [3.63, 3.8) is 0 Å². The van der Waals surface area contributed by atoms with Gasteiger partial charge in [-0.05, 0) is 70.6 Å². The Labute approximate surface area is 205 Å². The van der Waals surface area contributed by atoms with Crippen LogP contribution in [0.4, 0.5) is 5.69 Å². The Bertz CT molecular complexity index is 1290. The quantitative estimate of drug-likeness (QED) is 0.227. The van der Waals surface area contributed by atoms with Crippen LogP contribution in [0.25, 0.3) is 17.4 Å². The number of hydrogen-bond acceptors (Lipinski definition) is 4. The highest BCUT2D eigenvalue weighted by molar-refractivity contribution is 9.10. The average molecular weight is 557 g/mol. The second kappa shape index (κ2) is 8.76. The molecule has 0 bridgehead atoms. The maximum absolute atomic E-state index is 13.1. The summed E-state index contributed by atoms with van der Waals surface area (Å²) >= 11 is 27.0. The van der Waals surface area contributed by atoms with Gasteiger partial charge in [0.25, 0.3) is 11.8 Å².